The molecule has 2 aliphatic rings. The third kappa shape index (κ3) is 2.87. The number of hydrogen-bond acceptors (Lipinski definition) is 5. The number of anilines is 1. The smallest absolute Gasteiger partial charge is 0.262 e. The Bertz CT molecular complexity index is 1170. The minimum absolute atomic E-state index is 0.228. The van der Waals surface area contributed by atoms with Crippen LogP contribution in [0.4, 0.5) is 10.2 Å². The van der Waals surface area contributed by atoms with Gasteiger partial charge in [0.25, 0.3) is 11.8 Å². The van der Waals surface area contributed by atoms with Crippen LogP contribution in [-0.2, 0) is 0 Å². The molecule has 3 heterocycles. The number of benzene rings is 2. The first kappa shape index (κ1) is 18.7. The lowest BCUT2D eigenvalue weighted by molar-refractivity contribution is 0.0339. The van der Waals surface area contributed by atoms with Gasteiger partial charge in [0.05, 0.1) is 22.8 Å². The SMILES string of the molecule is Cc1ccc2c(c1)C(=O)N(C(C)N1CCN(c3n[nH]c4cc(F)ccc34)CC1)C2=O. The number of nitrogens with one attached hydrogen (secondary N) is 1. The van der Waals surface area contributed by atoms with Crippen molar-refractivity contribution >= 4 is 28.5 Å². The molecule has 5 rings (SSSR count). The van der Waals surface area contributed by atoms with Crippen molar-refractivity contribution in [1.82, 2.24) is 20.0 Å². The van der Waals surface area contributed by atoms with E-state index in [0.29, 0.717) is 42.8 Å². The lowest BCUT2D eigenvalue weighted by atomic mass is 10.1. The Morgan fingerprint density at radius 3 is 2.50 bits per heavy atom. The fourth-order valence-corrected chi connectivity index (χ4v) is 4.40. The van der Waals surface area contributed by atoms with E-state index in [1.54, 1.807) is 18.2 Å². The van der Waals surface area contributed by atoms with E-state index in [-0.39, 0.29) is 23.8 Å². The van der Waals surface area contributed by atoms with Gasteiger partial charge in [-0.05, 0) is 44.2 Å². The molecule has 7 nitrogen and oxygen atoms in total. The maximum absolute atomic E-state index is 13.4. The molecule has 2 aromatic carbocycles. The molecule has 154 valence electrons. The molecular formula is C22H22FN5O2. The zero-order valence-electron chi connectivity index (χ0n) is 16.9. The summed E-state index contributed by atoms with van der Waals surface area (Å²) in [6.07, 6.45) is -0.329. The highest BCUT2D eigenvalue weighted by Crippen LogP contribution is 2.29. The van der Waals surface area contributed by atoms with Crippen LogP contribution in [0.15, 0.2) is 36.4 Å². The first-order chi connectivity index (χ1) is 14.4. The summed E-state index contributed by atoms with van der Waals surface area (Å²) >= 11 is 0. The Kier molecular flexibility index (Phi) is 4.32. The van der Waals surface area contributed by atoms with E-state index < -0.39 is 0 Å². The summed E-state index contributed by atoms with van der Waals surface area (Å²) in [6, 6.07) is 9.99. The molecular weight excluding hydrogens is 385 g/mol. The summed E-state index contributed by atoms with van der Waals surface area (Å²) in [5, 5.41) is 8.14. The molecule has 0 bridgehead atoms. The predicted molar refractivity (Wildman–Crippen MR) is 111 cm³/mol. The number of aryl methyl sites for hydroxylation is 1. The summed E-state index contributed by atoms with van der Waals surface area (Å²) in [7, 11) is 0. The van der Waals surface area contributed by atoms with Crippen molar-refractivity contribution in [2.45, 2.75) is 20.0 Å². The van der Waals surface area contributed by atoms with Gasteiger partial charge in [-0.25, -0.2) is 4.39 Å². The molecule has 2 aliphatic heterocycles. The van der Waals surface area contributed by atoms with E-state index in [0.717, 1.165) is 16.8 Å². The molecule has 0 radical (unpaired) electrons. The number of carbonyl (C=O) groups excluding carboxylic acids is 2. The van der Waals surface area contributed by atoms with Crippen molar-refractivity contribution in [3.8, 4) is 0 Å². The summed E-state index contributed by atoms with van der Waals surface area (Å²) < 4.78 is 13.4. The first-order valence-electron chi connectivity index (χ1n) is 10.0. The second kappa shape index (κ2) is 6.91. The van der Waals surface area contributed by atoms with E-state index in [4.69, 9.17) is 0 Å². The van der Waals surface area contributed by atoms with E-state index in [1.165, 1.54) is 17.0 Å². The van der Waals surface area contributed by atoms with Gasteiger partial charge in [0, 0.05) is 31.6 Å². The molecule has 1 aromatic heterocycles. The van der Waals surface area contributed by atoms with Crippen molar-refractivity contribution in [2.24, 2.45) is 0 Å². The van der Waals surface area contributed by atoms with Gasteiger partial charge in [-0.1, -0.05) is 11.6 Å². The van der Waals surface area contributed by atoms with Gasteiger partial charge in [0.2, 0.25) is 0 Å². The Hall–Kier alpha value is -3.26. The van der Waals surface area contributed by atoms with Gasteiger partial charge in [-0.15, -0.1) is 0 Å². The van der Waals surface area contributed by atoms with E-state index in [9.17, 15) is 14.0 Å². The normalized spacial score (nSPS) is 18.4. The summed E-state index contributed by atoms with van der Waals surface area (Å²) in [6.45, 7) is 6.58. The molecule has 0 saturated carbocycles. The van der Waals surface area contributed by atoms with Crippen LogP contribution in [0.5, 0.6) is 0 Å². The van der Waals surface area contributed by atoms with Crippen LogP contribution in [0.1, 0.15) is 33.2 Å². The molecule has 1 N–H and O–H groups in total. The predicted octanol–water partition coefficient (Wildman–Crippen LogP) is 2.77. The van der Waals surface area contributed by atoms with Crippen LogP contribution >= 0.6 is 0 Å². The molecule has 1 fully saturated rings. The average Bonchev–Trinajstić information content (AvgIpc) is 3.26. The lowest BCUT2D eigenvalue weighted by Gasteiger charge is -2.40. The number of amides is 2. The molecule has 30 heavy (non-hydrogen) atoms. The van der Waals surface area contributed by atoms with Gasteiger partial charge >= 0.3 is 0 Å². The zero-order valence-corrected chi connectivity index (χ0v) is 16.9. The van der Waals surface area contributed by atoms with Crippen molar-refractivity contribution < 1.29 is 14.0 Å². The van der Waals surface area contributed by atoms with E-state index in [2.05, 4.69) is 20.0 Å². The maximum atomic E-state index is 13.4. The average molecular weight is 407 g/mol. The monoisotopic (exact) mass is 407 g/mol. The van der Waals surface area contributed by atoms with Crippen molar-refractivity contribution in [2.75, 3.05) is 31.1 Å². The van der Waals surface area contributed by atoms with Crippen molar-refractivity contribution in [1.29, 1.82) is 0 Å². The van der Waals surface area contributed by atoms with Crippen LogP contribution in [0.3, 0.4) is 0 Å². The second-order valence-corrected chi connectivity index (χ2v) is 7.92. The van der Waals surface area contributed by atoms with Gasteiger partial charge in [0.15, 0.2) is 5.82 Å². The Morgan fingerprint density at radius 2 is 1.73 bits per heavy atom. The van der Waals surface area contributed by atoms with Crippen molar-refractivity contribution in [3.63, 3.8) is 0 Å². The van der Waals surface area contributed by atoms with Gasteiger partial charge in [-0.2, -0.15) is 5.10 Å². The van der Waals surface area contributed by atoms with Gasteiger partial charge < -0.3 is 4.90 Å². The standard InChI is InChI=1S/C22H22FN5O2/c1-13-3-5-16-18(11-13)22(30)28(21(16)29)14(2)26-7-9-27(10-8-26)20-17-6-4-15(23)12-19(17)24-25-20/h3-6,11-12,14H,7-10H2,1-2H3,(H,24,25). The molecule has 1 atom stereocenters. The third-order valence-electron chi connectivity index (χ3n) is 6.09. The number of halogens is 1. The summed E-state index contributed by atoms with van der Waals surface area (Å²) in [5.41, 5.74) is 2.60. The maximum Gasteiger partial charge on any atom is 0.262 e. The van der Waals surface area contributed by atoms with E-state index >= 15 is 0 Å². The Labute approximate surface area is 173 Å². The topological polar surface area (TPSA) is 72.5 Å². The minimum atomic E-state index is -0.329. The fraction of sp³-hybridized carbons (Fsp3) is 0.318. The first-order valence-corrected chi connectivity index (χ1v) is 10.0. The number of aromatic nitrogens is 2. The molecule has 0 spiro atoms. The molecule has 2 amide bonds. The summed E-state index contributed by atoms with van der Waals surface area (Å²) in [4.78, 5) is 31.4. The minimum Gasteiger partial charge on any atom is -0.352 e. The van der Waals surface area contributed by atoms with Crippen LogP contribution in [0.2, 0.25) is 0 Å². The molecule has 0 aliphatic carbocycles. The number of aromatic amines is 1. The highest BCUT2D eigenvalue weighted by atomic mass is 19.1. The van der Waals surface area contributed by atoms with Gasteiger partial charge in [-0.3, -0.25) is 24.5 Å². The van der Waals surface area contributed by atoms with E-state index in [1.807, 2.05) is 19.9 Å². The number of fused-ring (bicyclic) bond motifs is 2. The Morgan fingerprint density at radius 1 is 1.00 bits per heavy atom. The molecule has 1 saturated heterocycles. The van der Waals surface area contributed by atoms with Crippen LogP contribution in [0, 0.1) is 12.7 Å². The zero-order chi connectivity index (χ0) is 21.0. The van der Waals surface area contributed by atoms with Crippen LogP contribution in [0.25, 0.3) is 10.9 Å². The number of imide groups is 1. The number of carbonyl (C=O) groups is 2. The number of hydrogen-bond donors (Lipinski definition) is 1. The number of piperazine rings is 1. The third-order valence-corrected chi connectivity index (χ3v) is 6.09. The molecule has 1 unspecified atom stereocenters. The number of nitrogens with zero attached hydrogens (tertiary/aromatic N) is 4. The highest BCUT2D eigenvalue weighted by molar-refractivity contribution is 6.21. The second-order valence-electron chi connectivity index (χ2n) is 7.92. The fourth-order valence-electron chi connectivity index (χ4n) is 4.40. The lowest BCUT2D eigenvalue weighted by Crippen LogP contribution is -2.56. The largest absolute Gasteiger partial charge is 0.352 e. The Balaban J connectivity index is 1.31. The van der Waals surface area contributed by atoms with Gasteiger partial charge in [0.1, 0.15) is 5.82 Å². The number of H-pyrrole nitrogens is 1. The molecule has 8 heteroatoms. The summed E-state index contributed by atoms with van der Waals surface area (Å²) in [5.74, 6) is 0.0418. The molecule has 3 aromatic rings. The van der Waals surface area contributed by atoms with Crippen LogP contribution in [-0.4, -0.2) is 64.2 Å². The van der Waals surface area contributed by atoms with Crippen molar-refractivity contribution in [3.05, 3.63) is 58.9 Å². The van der Waals surface area contributed by atoms with Crippen LogP contribution < -0.4 is 4.90 Å². The highest BCUT2D eigenvalue weighted by Gasteiger charge is 2.41. The quantitative estimate of drug-likeness (QED) is 0.676. The number of rotatable bonds is 3.